The molecule has 1 aromatic rings. The van der Waals surface area contributed by atoms with E-state index in [0.29, 0.717) is 0 Å². The third-order valence-electron chi connectivity index (χ3n) is 3.09. The average Bonchev–Trinajstić information content (AvgIpc) is 2.37. The second kappa shape index (κ2) is 6.90. The first-order valence-corrected chi connectivity index (χ1v) is 7.01. The summed E-state index contributed by atoms with van der Waals surface area (Å²) < 4.78 is 1.06. The van der Waals surface area contributed by atoms with E-state index in [1.807, 2.05) is 33.0 Å². The molecule has 0 saturated heterocycles. The first-order chi connectivity index (χ1) is 8.45. The van der Waals surface area contributed by atoms with E-state index < -0.39 is 0 Å². The lowest BCUT2D eigenvalue weighted by atomic mass is 10.1. The van der Waals surface area contributed by atoms with Crippen molar-refractivity contribution in [3.8, 4) is 0 Å². The molecule has 0 aliphatic carbocycles. The average molecular weight is 313 g/mol. The van der Waals surface area contributed by atoms with E-state index in [1.54, 1.807) is 4.90 Å². The zero-order chi connectivity index (χ0) is 13.7. The topological polar surface area (TPSA) is 32.3 Å². The van der Waals surface area contributed by atoms with Crippen LogP contribution in [0.1, 0.15) is 32.4 Å². The Bertz CT molecular complexity index is 391. The van der Waals surface area contributed by atoms with Gasteiger partial charge >= 0.3 is 0 Å². The number of benzene rings is 1. The van der Waals surface area contributed by atoms with Crippen LogP contribution in [0.5, 0.6) is 0 Å². The van der Waals surface area contributed by atoms with Crippen molar-refractivity contribution in [2.45, 2.75) is 32.9 Å². The monoisotopic (exact) mass is 312 g/mol. The molecular formula is C14H21BrN2O. The molecule has 1 N–H and O–H groups in total. The van der Waals surface area contributed by atoms with Gasteiger partial charge in [0.2, 0.25) is 5.91 Å². The summed E-state index contributed by atoms with van der Waals surface area (Å²) in [6.45, 7) is 6.68. The molecule has 1 aromatic carbocycles. The minimum Gasteiger partial charge on any atom is -0.345 e. The first-order valence-electron chi connectivity index (χ1n) is 6.22. The van der Waals surface area contributed by atoms with Crippen LogP contribution in [-0.2, 0) is 4.79 Å². The van der Waals surface area contributed by atoms with Crippen LogP contribution in [0.25, 0.3) is 0 Å². The van der Waals surface area contributed by atoms with Gasteiger partial charge in [0.1, 0.15) is 0 Å². The van der Waals surface area contributed by atoms with E-state index >= 15 is 0 Å². The Balaban J connectivity index is 2.61. The number of carbonyl (C=O) groups excluding carboxylic acids is 1. The molecule has 100 valence electrons. The number of nitrogens with zero attached hydrogens (tertiary/aromatic N) is 1. The molecule has 0 aliphatic heterocycles. The van der Waals surface area contributed by atoms with Crippen molar-refractivity contribution >= 4 is 21.8 Å². The standard InChI is InChI=1S/C14H21BrN2O/c1-5-17(4)14(18)11(3)16-10(2)12-6-8-13(15)9-7-12/h6-11,16H,5H2,1-4H3. The zero-order valence-electron chi connectivity index (χ0n) is 11.4. The van der Waals surface area contributed by atoms with Gasteiger partial charge in [0, 0.05) is 24.1 Å². The van der Waals surface area contributed by atoms with Crippen LogP contribution >= 0.6 is 15.9 Å². The Hall–Kier alpha value is -0.870. The maximum atomic E-state index is 12.0. The van der Waals surface area contributed by atoms with Gasteiger partial charge in [-0.2, -0.15) is 0 Å². The van der Waals surface area contributed by atoms with Gasteiger partial charge in [0.05, 0.1) is 6.04 Å². The molecule has 0 bridgehead atoms. The summed E-state index contributed by atoms with van der Waals surface area (Å²) in [7, 11) is 1.82. The number of hydrogen-bond acceptors (Lipinski definition) is 2. The van der Waals surface area contributed by atoms with Crippen LogP contribution in [0, 0.1) is 0 Å². The molecule has 2 atom stereocenters. The van der Waals surface area contributed by atoms with Crippen molar-refractivity contribution in [3.05, 3.63) is 34.3 Å². The molecule has 0 saturated carbocycles. The van der Waals surface area contributed by atoms with Crippen LogP contribution in [0.4, 0.5) is 0 Å². The molecule has 0 aromatic heterocycles. The summed E-state index contributed by atoms with van der Waals surface area (Å²) in [4.78, 5) is 13.7. The molecule has 3 nitrogen and oxygen atoms in total. The van der Waals surface area contributed by atoms with Crippen molar-refractivity contribution in [2.75, 3.05) is 13.6 Å². The van der Waals surface area contributed by atoms with Gasteiger partial charge in [-0.1, -0.05) is 28.1 Å². The number of hydrogen-bond donors (Lipinski definition) is 1. The lowest BCUT2D eigenvalue weighted by Crippen LogP contribution is -2.43. The number of carbonyl (C=O) groups is 1. The summed E-state index contributed by atoms with van der Waals surface area (Å²) in [5.41, 5.74) is 1.18. The third kappa shape index (κ3) is 4.10. The predicted molar refractivity (Wildman–Crippen MR) is 78.5 cm³/mol. The molecule has 0 aliphatic rings. The van der Waals surface area contributed by atoms with Gasteiger partial charge in [0.25, 0.3) is 0 Å². The quantitative estimate of drug-likeness (QED) is 0.906. The lowest BCUT2D eigenvalue weighted by Gasteiger charge is -2.24. The lowest BCUT2D eigenvalue weighted by molar-refractivity contribution is -0.131. The second-order valence-corrected chi connectivity index (χ2v) is 5.43. The van der Waals surface area contributed by atoms with Crippen LogP contribution in [0.2, 0.25) is 0 Å². The maximum absolute atomic E-state index is 12.0. The van der Waals surface area contributed by atoms with Gasteiger partial charge < -0.3 is 4.90 Å². The Morgan fingerprint density at radius 3 is 2.39 bits per heavy atom. The van der Waals surface area contributed by atoms with Gasteiger partial charge in [-0.25, -0.2) is 0 Å². The highest BCUT2D eigenvalue weighted by Gasteiger charge is 2.18. The summed E-state index contributed by atoms with van der Waals surface area (Å²) in [5, 5.41) is 3.32. The summed E-state index contributed by atoms with van der Waals surface area (Å²) >= 11 is 3.42. The van der Waals surface area contributed by atoms with Gasteiger partial charge in [0.15, 0.2) is 0 Å². The van der Waals surface area contributed by atoms with E-state index in [9.17, 15) is 4.79 Å². The van der Waals surface area contributed by atoms with Crippen LogP contribution in [0.15, 0.2) is 28.7 Å². The SMILES string of the molecule is CCN(C)C(=O)C(C)NC(C)c1ccc(Br)cc1. The summed E-state index contributed by atoms with van der Waals surface area (Å²) in [6.07, 6.45) is 0. The smallest absolute Gasteiger partial charge is 0.239 e. The Morgan fingerprint density at radius 2 is 1.89 bits per heavy atom. The molecule has 0 heterocycles. The molecule has 0 radical (unpaired) electrons. The summed E-state index contributed by atoms with van der Waals surface area (Å²) in [5.74, 6) is 0.126. The number of likely N-dealkylation sites (N-methyl/N-ethyl adjacent to an activating group) is 1. The zero-order valence-corrected chi connectivity index (χ0v) is 13.0. The van der Waals surface area contributed by atoms with Crippen molar-refractivity contribution in [3.63, 3.8) is 0 Å². The van der Waals surface area contributed by atoms with Crippen molar-refractivity contribution in [1.29, 1.82) is 0 Å². The number of amides is 1. The number of nitrogens with one attached hydrogen (secondary N) is 1. The minimum atomic E-state index is -0.173. The highest BCUT2D eigenvalue weighted by Crippen LogP contribution is 2.17. The summed E-state index contributed by atoms with van der Waals surface area (Å²) in [6, 6.07) is 8.12. The van der Waals surface area contributed by atoms with E-state index in [-0.39, 0.29) is 18.0 Å². The molecule has 0 fully saturated rings. The predicted octanol–water partition coefficient (Wildman–Crippen LogP) is 2.97. The maximum Gasteiger partial charge on any atom is 0.239 e. The Kier molecular flexibility index (Phi) is 5.82. The van der Waals surface area contributed by atoms with Gasteiger partial charge in [-0.05, 0) is 38.5 Å². The fraction of sp³-hybridized carbons (Fsp3) is 0.500. The van der Waals surface area contributed by atoms with Crippen LogP contribution in [0.3, 0.4) is 0 Å². The fourth-order valence-electron chi connectivity index (χ4n) is 1.78. The van der Waals surface area contributed by atoms with Gasteiger partial charge in [-0.3, -0.25) is 10.1 Å². The fourth-order valence-corrected chi connectivity index (χ4v) is 2.04. The van der Waals surface area contributed by atoms with E-state index in [1.165, 1.54) is 5.56 Å². The van der Waals surface area contributed by atoms with Crippen LogP contribution < -0.4 is 5.32 Å². The second-order valence-electron chi connectivity index (χ2n) is 4.51. The molecule has 18 heavy (non-hydrogen) atoms. The first kappa shape index (κ1) is 15.2. The Labute approximate surface area is 118 Å². The largest absolute Gasteiger partial charge is 0.345 e. The minimum absolute atomic E-state index is 0.126. The van der Waals surface area contributed by atoms with Crippen molar-refractivity contribution in [1.82, 2.24) is 10.2 Å². The van der Waals surface area contributed by atoms with Crippen molar-refractivity contribution in [2.24, 2.45) is 0 Å². The highest BCUT2D eigenvalue weighted by atomic mass is 79.9. The normalized spacial score (nSPS) is 14.1. The van der Waals surface area contributed by atoms with E-state index in [2.05, 4.69) is 40.3 Å². The Morgan fingerprint density at radius 1 is 1.33 bits per heavy atom. The number of halogens is 1. The van der Waals surface area contributed by atoms with E-state index in [4.69, 9.17) is 0 Å². The molecule has 4 heteroatoms. The number of rotatable bonds is 5. The van der Waals surface area contributed by atoms with Gasteiger partial charge in [-0.15, -0.1) is 0 Å². The third-order valence-corrected chi connectivity index (χ3v) is 3.62. The molecule has 1 amide bonds. The van der Waals surface area contributed by atoms with E-state index in [0.717, 1.165) is 11.0 Å². The van der Waals surface area contributed by atoms with Crippen LogP contribution in [-0.4, -0.2) is 30.4 Å². The molecule has 2 unspecified atom stereocenters. The van der Waals surface area contributed by atoms with Crippen molar-refractivity contribution < 1.29 is 4.79 Å². The highest BCUT2D eigenvalue weighted by molar-refractivity contribution is 9.10. The molecule has 0 spiro atoms. The molecular weight excluding hydrogens is 292 g/mol. The molecule has 1 rings (SSSR count).